The largest absolute Gasteiger partial charge is 0.0839 e. The average Bonchev–Trinajstić information content (AvgIpc) is 2.29. The lowest BCUT2D eigenvalue weighted by Gasteiger charge is -2.10. The third-order valence-electron chi connectivity index (χ3n) is 3.00. The van der Waals surface area contributed by atoms with Crippen LogP contribution in [-0.4, -0.2) is 0 Å². The Morgan fingerprint density at radius 1 is 1.00 bits per heavy atom. The Morgan fingerprint density at radius 2 is 1.62 bits per heavy atom. The van der Waals surface area contributed by atoms with E-state index in [1.807, 2.05) is 0 Å². The number of benzene rings is 1. The molecule has 90 valence electrons. The molecule has 0 amide bonds. The van der Waals surface area contributed by atoms with Crippen LogP contribution < -0.4 is 0 Å². The van der Waals surface area contributed by atoms with Gasteiger partial charge >= 0.3 is 0 Å². The highest BCUT2D eigenvalue weighted by molar-refractivity contribution is 9.09. The minimum atomic E-state index is 0.537. The third kappa shape index (κ3) is 5.16. The highest BCUT2D eigenvalue weighted by Crippen LogP contribution is 2.28. The number of halogens is 1. The average molecular weight is 283 g/mol. The van der Waals surface area contributed by atoms with Crippen molar-refractivity contribution in [2.24, 2.45) is 0 Å². The Kier molecular flexibility index (Phi) is 6.79. The van der Waals surface area contributed by atoms with Crippen molar-refractivity contribution in [3.63, 3.8) is 0 Å². The molecule has 1 aromatic carbocycles. The van der Waals surface area contributed by atoms with Crippen molar-refractivity contribution >= 4 is 15.9 Å². The summed E-state index contributed by atoms with van der Waals surface area (Å²) in [6.07, 6.45) is 8.08. The van der Waals surface area contributed by atoms with Crippen molar-refractivity contribution in [2.45, 2.75) is 57.2 Å². The number of rotatable bonds is 7. The van der Waals surface area contributed by atoms with Crippen LogP contribution in [0.15, 0.2) is 24.3 Å². The lowest BCUT2D eigenvalue weighted by molar-refractivity contribution is 0.606. The fourth-order valence-electron chi connectivity index (χ4n) is 1.87. The molecule has 16 heavy (non-hydrogen) atoms. The molecule has 0 heterocycles. The normalized spacial score (nSPS) is 12.7. The third-order valence-corrected chi connectivity index (χ3v) is 3.99. The Labute approximate surface area is 109 Å². The predicted molar refractivity (Wildman–Crippen MR) is 76.2 cm³/mol. The number of alkyl halides is 1. The van der Waals surface area contributed by atoms with Gasteiger partial charge < -0.3 is 0 Å². The first-order valence-electron chi connectivity index (χ1n) is 6.44. The molecular weight excluding hydrogens is 260 g/mol. The summed E-state index contributed by atoms with van der Waals surface area (Å²) in [5.41, 5.74) is 2.76. The second-order valence-electron chi connectivity index (χ2n) is 4.58. The van der Waals surface area contributed by atoms with Crippen LogP contribution in [0.1, 0.15) is 61.4 Å². The van der Waals surface area contributed by atoms with Gasteiger partial charge in [0.25, 0.3) is 0 Å². The highest BCUT2D eigenvalue weighted by atomic mass is 79.9. The SMILES string of the molecule is CCCCCCCC(Br)c1ccc(C)cc1. The first-order chi connectivity index (χ1) is 7.74. The van der Waals surface area contributed by atoms with Crippen molar-refractivity contribution in [1.29, 1.82) is 0 Å². The van der Waals surface area contributed by atoms with Crippen molar-refractivity contribution in [3.8, 4) is 0 Å². The van der Waals surface area contributed by atoms with Gasteiger partial charge in [-0.3, -0.25) is 0 Å². The van der Waals surface area contributed by atoms with Gasteiger partial charge in [0.1, 0.15) is 0 Å². The van der Waals surface area contributed by atoms with E-state index in [0.717, 1.165) is 0 Å². The molecule has 0 aliphatic carbocycles. The maximum Gasteiger partial charge on any atom is 0.0395 e. The maximum absolute atomic E-state index is 3.78. The smallest absolute Gasteiger partial charge is 0.0395 e. The molecule has 0 radical (unpaired) electrons. The molecule has 0 aromatic heterocycles. The first-order valence-corrected chi connectivity index (χ1v) is 7.36. The Morgan fingerprint density at radius 3 is 2.25 bits per heavy atom. The van der Waals surface area contributed by atoms with Crippen molar-refractivity contribution in [2.75, 3.05) is 0 Å². The van der Waals surface area contributed by atoms with E-state index >= 15 is 0 Å². The van der Waals surface area contributed by atoms with Gasteiger partial charge in [-0.2, -0.15) is 0 Å². The second kappa shape index (κ2) is 7.89. The van der Waals surface area contributed by atoms with Gasteiger partial charge in [0.2, 0.25) is 0 Å². The summed E-state index contributed by atoms with van der Waals surface area (Å²) in [4.78, 5) is 0.537. The topological polar surface area (TPSA) is 0 Å². The molecule has 1 aromatic rings. The van der Waals surface area contributed by atoms with E-state index in [0.29, 0.717) is 4.83 Å². The Balaban J connectivity index is 2.24. The lowest BCUT2D eigenvalue weighted by atomic mass is 10.0. The van der Waals surface area contributed by atoms with Gasteiger partial charge in [-0.05, 0) is 18.9 Å². The van der Waals surface area contributed by atoms with Crippen molar-refractivity contribution < 1.29 is 0 Å². The zero-order valence-electron chi connectivity index (χ0n) is 10.5. The molecule has 0 bridgehead atoms. The number of unbranched alkanes of at least 4 members (excludes halogenated alkanes) is 4. The zero-order valence-corrected chi connectivity index (χ0v) is 12.1. The van der Waals surface area contributed by atoms with Crippen LogP contribution >= 0.6 is 15.9 Å². The summed E-state index contributed by atoms with van der Waals surface area (Å²) < 4.78 is 0. The van der Waals surface area contributed by atoms with Crippen LogP contribution in [0.3, 0.4) is 0 Å². The predicted octanol–water partition coefficient (Wildman–Crippen LogP) is 5.79. The second-order valence-corrected chi connectivity index (χ2v) is 5.69. The van der Waals surface area contributed by atoms with Gasteiger partial charge in [-0.15, -0.1) is 0 Å². The van der Waals surface area contributed by atoms with E-state index in [4.69, 9.17) is 0 Å². The fraction of sp³-hybridized carbons (Fsp3) is 0.600. The zero-order chi connectivity index (χ0) is 11.8. The standard InChI is InChI=1S/C15H23Br/c1-3-4-5-6-7-8-15(16)14-11-9-13(2)10-12-14/h9-12,15H,3-8H2,1-2H3. The van der Waals surface area contributed by atoms with Gasteiger partial charge in [-0.1, -0.05) is 84.8 Å². The van der Waals surface area contributed by atoms with Crippen LogP contribution in [0.2, 0.25) is 0 Å². The van der Waals surface area contributed by atoms with Crippen LogP contribution in [0.5, 0.6) is 0 Å². The van der Waals surface area contributed by atoms with E-state index in [-0.39, 0.29) is 0 Å². The molecule has 0 aliphatic heterocycles. The van der Waals surface area contributed by atoms with E-state index in [1.54, 1.807) is 0 Å². The summed E-state index contributed by atoms with van der Waals surface area (Å²) >= 11 is 3.78. The molecule has 0 saturated carbocycles. The van der Waals surface area contributed by atoms with E-state index < -0.39 is 0 Å². The molecule has 1 unspecified atom stereocenters. The van der Waals surface area contributed by atoms with E-state index in [2.05, 4.69) is 54.0 Å². The summed E-state index contributed by atoms with van der Waals surface area (Å²) in [6, 6.07) is 8.86. The van der Waals surface area contributed by atoms with Gasteiger partial charge in [0.15, 0.2) is 0 Å². The van der Waals surface area contributed by atoms with Crippen LogP contribution in [-0.2, 0) is 0 Å². The molecule has 0 spiro atoms. The quantitative estimate of drug-likeness (QED) is 0.439. The van der Waals surface area contributed by atoms with Crippen molar-refractivity contribution in [3.05, 3.63) is 35.4 Å². The van der Waals surface area contributed by atoms with Crippen LogP contribution in [0.4, 0.5) is 0 Å². The van der Waals surface area contributed by atoms with Gasteiger partial charge in [-0.25, -0.2) is 0 Å². The summed E-state index contributed by atoms with van der Waals surface area (Å²) in [5, 5.41) is 0. The Bertz CT molecular complexity index is 276. The summed E-state index contributed by atoms with van der Waals surface area (Å²) in [7, 11) is 0. The van der Waals surface area contributed by atoms with Gasteiger partial charge in [0.05, 0.1) is 0 Å². The molecule has 0 N–H and O–H groups in total. The van der Waals surface area contributed by atoms with Crippen molar-refractivity contribution in [1.82, 2.24) is 0 Å². The number of hydrogen-bond acceptors (Lipinski definition) is 0. The molecular formula is C15H23Br. The summed E-state index contributed by atoms with van der Waals surface area (Å²) in [6.45, 7) is 4.40. The molecule has 0 aliphatic rings. The van der Waals surface area contributed by atoms with Gasteiger partial charge in [0, 0.05) is 4.83 Å². The lowest BCUT2D eigenvalue weighted by Crippen LogP contribution is -1.90. The summed E-state index contributed by atoms with van der Waals surface area (Å²) in [5.74, 6) is 0. The molecule has 0 saturated heterocycles. The maximum atomic E-state index is 3.78. The Hall–Kier alpha value is -0.300. The first kappa shape index (κ1) is 13.8. The molecule has 1 rings (SSSR count). The number of aryl methyl sites for hydroxylation is 1. The minimum absolute atomic E-state index is 0.537. The minimum Gasteiger partial charge on any atom is -0.0839 e. The van der Waals surface area contributed by atoms with Crippen LogP contribution in [0.25, 0.3) is 0 Å². The van der Waals surface area contributed by atoms with Crippen LogP contribution in [0, 0.1) is 6.92 Å². The molecule has 0 nitrogen and oxygen atoms in total. The monoisotopic (exact) mass is 282 g/mol. The number of hydrogen-bond donors (Lipinski definition) is 0. The fourth-order valence-corrected chi connectivity index (χ4v) is 2.50. The van der Waals surface area contributed by atoms with E-state index in [1.165, 1.54) is 49.7 Å². The molecule has 1 heteroatoms. The highest BCUT2D eigenvalue weighted by Gasteiger charge is 2.06. The molecule has 0 fully saturated rings. The van der Waals surface area contributed by atoms with E-state index in [9.17, 15) is 0 Å². The molecule has 1 atom stereocenters.